The number of pyridine rings is 1. The zero-order valence-corrected chi connectivity index (χ0v) is 17.7. The topological polar surface area (TPSA) is 98.8 Å². The van der Waals surface area contributed by atoms with Gasteiger partial charge in [0, 0.05) is 65.5 Å². The van der Waals surface area contributed by atoms with Gasteiger partial charge in [-0.2, -0.15) is 4.98 Å². The standard InChI is InChI=1S/C20H27FN8O2/c1-14(30)24-11-16-12-29(13-31-16)15-9-17(21)19(25-10-15)28-7-5-27(6-8-28)18-3-4-23-20(22-2)26-18/h3-4,9-10,16H,5-8,11-13H2,1-2H3,(H,24,30)(H,22,23,26). The molecule has 0 bridgehead atoms. The van der Waals surface area contributed by atoms with E-state index in [9.17, 15) is 9.18 Å². The maximum absolute atomic E-state index is 14.9. The number of hydrogen-bond donors (Lipinski definition) is 2. The Labute approximate surface area is 180 Å². The lowest BCUT2D eigenvalue weighted by Crippen LogP contribution is -2.47. The van der Waals surface area contributed by atoms with Gasteiger partial charge in [0.25, 0.3) is 0 Å². The van der Waals surface area contributed by atoms with E-state index < -0.39 is 0 Å². The minimum Gasteiger partial charge on any atom is -0.357 e. The van der Waals surface area contributed by atoms with Gasteiger partial charge in [0.15, 0.2) is 11.6 Å². The van der Waals surface area contributed by atoms with Gasteiger partial charge in [-0.25, -0.2) is 14.4 Å². The molecule has 1 unspecified atom stereocenters. The van der Waals surface area contributed by atoms with E-state index in [1.165, 1.54) is 13.0 Å². The number of piperazine rings is 1. The average molecular weight is 430 g/mol. The van der Waals surface area contributed by atoms with Gasteiger partial charge in [-0.15, -0.1) is 0 Å². The molecule has 2 aliphatic rings. The molecule has 0 radical (unpaired) electrons. The Morgan fingerprint density at radius 3 is 2.71 bits per heavy atom. The Hall–Kier alpha value is -3.21. The van der Waals surface area contributed by atoms with E-state index in [1.807, 2.05) is 15.9 Å². The number of carbonyl (C=O) groups is 1. The summed E-state index contributed by atoms with van der Waals surface area (Å²) in [5.41, 5.74) is 0.672. The molecule has 31 heavy (non-hydrogen) atoms. The highest BCUT2D eigenvalue weighted by atomic mass is 19.1. The minimum absolute atomic E-state index is 0.0959. The fourth-order valence-electron chi connectivity index (χ4n) is 3.73. The number of amides is 1. The molecule has 166 valence electrons. The first-order valence-electron chi connectivity index (χ1n) is 10.3. The molecule has 2 fully saturated rings. The molecule has 1 atom stereocenters. The van der Waals surface area contributed by atoms with Crippen molar-refractivity contribution in [1.82, 2.24) is 20.3 Å². The van der Waals surface area contributed by atoms with Crippen LogP contribution in [0.15, 0.2) is 24.5 Å². The fourth-order valence-corrected chi connectivity index (χ4v) is 3.73. The minimum atomic E-state index is -0.351. The van der Waals surface area contributed by atoms with Crippen LogP contribution in [0.4, 0.5) is 27.7 Å². The second kappa shape index (κ2) is 9.29. The SMILES string of the molecule is CNc1nccc(N2CCN(c3ncc(N4COC(CNC(C)=O)C4)cc3F)CC2)n1. The molecule has 10 nitrogen and oxygen atoms in total. The smallest absolute Gasteiger partial charge is 0.224 e. The number of carbonyl (C=O) groups excluding carboxylic acids is 1. The van der Waals surface area contributed by atoms with Crippen molar-refractivity contribution in [2.45, 2.75) is 13.0 Å². The van der Waals surface area contributed by atoms with Crippen LogP contribution in [0.3, 0.4) is 0 Å². The molecule has 2 aromatic heterocycles. The molecule has 2 aliphatic heterocycles. The number of rotatable bonds is 6. The third kappa shape index (κ3) is 4.93. The predicted octanol–water partition coefficient (Wildman–Crippen LogP) is 0.678. The van der Waals surface area contributed by atoms with Crippen molar-refractivity contribution in [2.75, 3.05) is 73.1 Å². The molecular formula is C20H27FN8O2. The zero-order chi connectivity index (χ0) is 21.8. The Balaban J connectivity index is 1.35. The van der Waals surface area contributed by atoms with Crippen LogP contribution in [0.1, 0.15) is 6.92 Å². The summed E-state index contributed by atoms with van der Waals surface area (Å²) in [7, 11) is 1.78. The summed E-state index contributed by atoms with van der Waals surface area (Å²) in [4.78, 5) is 30.1. The summed E-state index contributed by atoms with van der Waals surface area (Å²) in [5.74, 6) is 1.34. The van der Waals surface area contributed by atoms with Crippen molar-refractivity contribution >= 4 is 29.2 Å². The number of ether oxygens (including phenoxy) is 1. The Bertz CT molecular complexity index is 922. The van der Waals surface area contributed by atoms with Gasteiger partial charge in [0.2, 0.25) is 11.9 Å². The number of nitrogens with zero attached hydrogens (tertiary/aromatic N) is 6. The lowest BCUT2D eigenvalue weighted by atomic mass is 10.2. The Morgan fingerprint density at radius 1 is 1.23 bits per heavy atom. The largest absolute Gasteiger partial charge is 0.357 e. The van der Waals surface area contributed by atoms with Crippen LogP contribution in [0.2, 0.25) is 0 Å². The third-order valence-corrected chi connectivity index (χ3v) is 5.41. The van der Waals surface area contributed by atoms with Crippen LogP contribution in [0, 0.1) is 5.82 Å². The lowest BCUT2D eigenvalue weighted by molar-refractivity contribution is -0.119. The molecule has 4 rings (SSSR count). The number of hydrogen-bond acceptors (Lipinski definition) is 9. The van der Waals surface area contributed by atoms with Crippen molar-refractivity contribution in [3.05, 3.63) is 30.3 Å². The van der Waals surface area contributed by atoms with Crippen LogP contribution in [0.25, 0.3) is 0 Å². The summed E-state index contributed by atoms with van der Waals surface area (Å²) >= 11 is 0. The molecule has 2 aromatic rings. The summed E-state index contributed by atoms with van der Waals surface area (Å²) in [6, 6.07) is 3.38. The van der Waals surface area contributed by atoms with Gasteiger partial charge >= 0.3 is 0 Å². The van der Waals surface area contributed by atoms with E-state index in [4.69, 9.17) is 4.74 Å². The highest BCUT2D eigenvalue weighted by molar-refractivity contribution is 5.72. The van der Waals surface area contributed by atoms with Crippen LogP contribution < -0.4 is 25.3 Å². The number of halogens is 1. The van der Waals surface area contributed by atoms with Crippen molar-refractivity contribution in [3.63, 3.8) is 0 Å². The zero-order valence-electron chi connectivity index (χ0n) is 17.7. The van der Waals surface area contributed by atoms with E-state index in [1.54, 1.807) is 19.4 Å². The second-order valence-corrected chi connectivity index (χ2v) is 7.54. The van der Waals surface area contributed by atoms with Crippen molar-refractivity contribution < 1.29 is 13.9 Å². The van der Waals surface area contributed by atoms with Gasteiger partial charge in [-0.05, 0) is 6.07 Å². The molecule has 0 spiro atoms. The molecule has 1 amide bonds. The monoisotopic (exact) mass is 430 g/mol. The average Bonchev–Trinajstić information content (AvgIpc) is 3.27. The van der Waals surface area contributed by atoms with E-state index in [0.29, 0.717) is 63.5 Å². The van der Waals surface area contributed by atoms with Gasteiger partial charge in [0.05, 0.1) is 18.0 Å². The van der Waals surface area contributed by atoms with E-state index in [2.05, 4.69) is 30.5 Å². The summed E-state index contributed by atoms with van der Waals surface area (Å²) < 4.78 is 20.5. The van der Waals surface area contributed by atoms with Crippen LogP contribution in [-0.4, -0.2) is 80.0 Å². The second-order valence-electron chi connectivity index (χ2n) is 7.54. The molecule has 0 aliphatic carbocycles. The molecule has 2 saturated heterocycles. The summed E-state index contributed by atoms with van der Waals surface area (Å²) in [6.07, 6.45) is 3.28. The van der Waals surface area contributed by atoms with Gasteiger partial charge in [-0.1, -0.05) is 0 Å². The van der Waals surface area contributed by atoms with Crippen molar-refractivity contribution in [3.8, 4) is 0 Å². The Kier molecular flexibility index (Phi) is 6.31. The quantitative estimate of drug-likeness (QED) is 0.685. The van der Waals surface area contributed by atoms with Crippen LogP contribution in [-0.2, 0) is 9.53 Å². The number of anilines is 4. The van der Waals surface area contributed by atoms with Crippen molar-refractivity contribution in [1.29, 1.82) is 0 Å². The van der Waals surface area contributed by atoms with Crippen molar-refractivity contribution in [2.24, 2.45) is 0 Å². The molecular weight excluding hydrogens is 403 g/mol. The molecule has 0 aromatic carbocycles. The first kappa shape index (κ1) is 21.0. The van der Waals surface area contributed by atoms with Gasteiger partial charge < -0.3 is 30.1 Å². The highest BCUT2D eigenvalue weighted by Crippen LogP contribution is 2.26. The highest BCUT2D eigenvalue weighted by Gasteiger charge is 2.26. The van der Waals surface area contributed by atoms with E-state index in [0.717, 1.165) is 5.82 Å². The molecule has 0 saturated carbocycles. The lowest BCUT2D eigenvalue weighted by Gasteiger charge is -2.36. The first-order valence-corrected chi connectivity index (χ1v) is 10.3. The Morgan fingerprint density at radius 2 is 2.00 bits per heavy atom. The van der Waals surface area contributed by atoms with Gasteiger partial charge in [-0.3, -0.25) is 4.79 Å². The number of aromatic nitrogens is 3. The third-order valence-electron chi connectivity index (χ3n) is 5.41. The molecule has 4 heterocycles. The summed E-state index contributed by atoms with van der Waals surface area (Å²) in [6.45, 7) is 5.55. The molecule has 2 N–H and O–H groups in total. The van der Waals surface area contributed by atoms with E-state index in [-0.39, 0.29) is 17.8 Å². The van der Waals surface area contributed by atoms with Gasteiger partial charge in [0.1, 0.15) is 12.5 Å². The van der Waals surface area contributed by atoms with Crippen LogP contribution >= 0.6 is 0 Å². The predicted molar refractivity (Wildman–Crippen MR) is 116 cm³/mol. The maximum Gasteiger partial charge on any atom is 0.224 e. The molecule has 11 heteroatoms. The maximum atomic E-state index is 14.9. The first-order chi connectivity index (χ1) is 15.0. The normalized spacial score (nSPS) is 18.9. The fraction of sp³-hybridized carbons (Fsp3) is 0.500. The summed E-state index contributed by atoms with van der Waals surface area (Å²) in [5, 5.41) is 5.68. The number of nitrogens with one attached hydrogen (secondary N) is 2. The van der Waals surface area contributed by atoms with Crippen LogP contribution in [0.5, 0.6) is 0 Å². The van der Waals surface area contributed by atoms with E-state index >= 15 is 0 Å².